The van der Waals surface area contributed by atoms with Gasteiger partial charge in [-0.05, 0) is 43.7 Å². The monoisotopic (exact) mass is 247 g/mol. The van der Waals surface area contributed by atoms with E-state index in [1.54, 1.807) is 0 Å². The van der Waals surface area contributed by atoms with E-state index in [9.17, 15) is 0 Å². The Morgan fingerprint density at radius 1 is 1.28 bits per heavy atom. The third-order valence-electron chi connectivity index (χ3n) is 4.02. The Balaban J connectivity index is 2.00. The van der Waals surface area contributed by atoms with Crippen molar-refractivity contribution in [2.24, 2.45) is 11.7 Å². The second kappa shape index (κ2) is 6.24. The molecule has 0 aromatic heterocycles. The number of ether oxygens (including phenoxy) is 1. The molecule has 1 fully saturated rings. The van der Waals surface area contributed by atoms with E-state index in [-0.39, 0.29) is 12.1 Å². The van der Waals surface area contributed by atoms with Crippen molar-refractivity contribution in [2.45, 2.75) is 58.1 Å². The van der Waals surface area contributed by atoms with Gasteiger partial charge in [0.2, 0.25) is 0 Å². The molecule has 1 aromatic carbocycles. The predicted molar refractivity (Wildman–Crippen MR) is 75.8 cm³/mol. The number of benzene rings is 1. The molecule has 1 aliphatic carbocycles. The molecular formula is C16H25NO. The van der Waals surface area contributed by atoms with E-state index in [1.807, 2.05) is 18.2 Å². The van der Waals surface area contributed by atoms with Gasteiger partial charge in [-0.25, -0.2) is 0 Å². The Hall–Kier alpha value is -1.02. The summed E-state index contributed by atoms with van der Waals surface area (Å²) < 4.78 is 6.15. The molecule has 2 nitrogen and oxygen atoms in total. The molecule has 100 valence electrons. The third-order valence-corrected chi connectivity index (χ3v) is 4.02. The van der Waals surface area contributed by atoms with Gasteiger partial charge < -0.3 is 10.5 Å². The number of rotatable bonds is 4. The van der Waals surface area contributed by atoms with Gasteiger partial charge >= 0.3 is 0 Å². The van der Waals surface area contributed by atoms with Crippen LogP contribution < -0.4 is 10.5 Å². The van der Waals surface area contributed by atoms with Crippen molar-refractivity contribution in [2.75, 3.05) is 0 Å². The summed E-state index contributed by atoms with van der Waals surface area (Å²) in [5.41, 5.74) is 7.41. The fourth-order valence-corrected chi connectivity index (χ4v) is 2.89. The lowest BCUT2D eigenvalue weighted by atomic mass is 9.82. The summed E-state index contributed by atoms with van der Waals surface area (Å²) >= 11 is 0. The van der Waals surface area contributed by atoms with Crippen LogP contribution >= 0.6 is 0 Å². The van der Waals surface area contributed by atoms with Crippen LogP contribution in [0.25, 0.3) is 0 Å². The zero-order chi connectivity index (χ0) is 13.0. The van der Waals surface area contributed by atoms with Gasteiger partial charge in [0, 0.05) is 6.04 Å². The van der Waals surface area contributed by atoms with Crippen molar-refractivity contribution >= 4 is 0 Å². The quantitative estimate of drug-likeness (QED) is 0.881. The van der Waals surface area contributed by atoms with Crippen molar-refractivity contribution in [1.82, 2.24) is 0 Å². The van der Waals surface area contributed by atoms with Crippen LogP contribution in [0.2, 0.25) is 0 Å². The van der Waals surface area contributed by atoms with Crippen LogP contribution in [0.1, 0.15) is 44.6 Å². The fraction of sp³-hybridized carbons (Fsp3) is 0.625. The number of hydrogen-bond acceptors (Lipinski definition) is 2. The summed E-state index contributed by atoms with van der Waals surface area (Å²) in [6, 6.07) is 8.40. The van der Waals surface area contributed by atoms with Crippen LogP contribution in [-0.4, -0.2) is 12.1 Å². The highest BCUT2D eigenvalue weighted by Gasteiger charge is 2.29. The fourth-order valence-electron chi connectivity index (χ4n) is 2.89. The van der Waals surface area contributed by atoms with E-state index in [0.717, 1.165) is 24.5 Å². The van der Waals surface area contributed by atoms with E-state index in [4.69, 9.17) is 10.5 Å². The van der Waals surface area contributed by atoms with Gasteiger partial charge in [-0.15, -0.1) is 0 Å². The average Bonchev–Trinajstić information content (AvgIpc) is 2.36. The van der Waals surface area contributed by atoms with E-state index in [0.29, 0.717) is 0 Å². The van der Waals surface area contributed by atoms with Crippen LogP contribution in [0.3, 0.4) is 0 Å². The van der Waals surface area contributed by atoms with E-state index >= 15 is 0 Å². The molecule has 1 aliphatic rings. The highest BCUT2D eigenvalue weighted by molar-refractivity contribution is 5.32. The summed E-state index contributed by atoms with van der Waals surface area (Å²) in [6.07, 6.45) is 6.24. The SMILES string of the molecule is CCCC1CCC(N)C(Oc2ccccc2C)C1. The molecule has 3 atom stereocenters. The smallest absolute Gasteiger partial charge is 0.122 e. The molecule has 2 heteroatoms. The molecule has 0 amide bonds. The first-order valence-electron chi connectivity index (χ1n) is 7.18. The van der Waals surface area contributed by atoms with E-state index in [1.165, 1.54) is 24.8 Å². The molecule has 0 saturated heterocycles. The third kappa shape index (κ3) is 3.26. The van der Waals surface area contributed by atoms with Gasteiger partial charge in [0.05, 0.1) is 0 Å². The van der Waals surface area contributed by atoms with Crippen molar-refractivity contribution in [3.8, 4) is 5.75 Å². The maximum atomic E-state index is 6.21. The van der Waals surface area contributed by atoms with Gasteiger partial charge in [0.25, 0.3) is 0 Å². The molecular weight excluding hydrogens is 222 g/mol. The minimum Gasteiger partial charge on any atom is -0.489 e. The molecule has 18 heavy (non-hydrogen) atoms. The van der Waals surface area contributed by atoms with E-state index < -0.39 is 0 Å². The summed E-state index contributed by atoms with van der Waals surface area (Å²) in [5, 5.41) is 0. The van der Waals surface area contributed by atoms with Gasteiger partial charge in [0.15, 0.2) is 0 Å². The molecule has 1 saturated carbocycles. The zero-order valence-corrected chi connectivity index (χ0v) is 11.6. The standard InChI is InChI=1S/C16H25NO/c1-3-6-13-9-10-14(17)16(11-13)18-15-8-5-4-7-12(15)2/h4-5,7-8,13-14,16H,3,6,9-11,17H2,1-2H3. The Labute approximate surface area is 111 Å². The van der Waals surface area contributed by atoms with Crippen molar-refractivity contribution in [1.29, 1.82) is 0 Å². The van der Waals surface area contributed by atoms with Crippen molar-refractivity contribution < 1.29 is 4.74 Å². The van der Waals surface area contributed by atoms with Gasteiger partial charge in [-0.1, -0.05) is 38.0 Å². The van der Waals surface area contributed by atoms with Crippen LogP contribution in [0, 0.1) is 12.8 Å². The molecule has 0 spiro atoms. The maximum Gasteiger partial charge on any atom is 0.122 e. The van der Waals surface area contributed by atoms with Crippen molar-refractivity contribution in [3.63, 3.8) is 0 Å². The lowest BCUT2D eigenvalue weighted by Crippen LogP contribution is -2.44. The average molecular weight is 247 g/mol. The van der Waals surface area contributed by atoms with Crippen LogP contribution in [0.5, 0.6) is 5.75 Å². The van der Waals surface area contributed by atoms with Crippen LogP contribution in [-0.2, 0) is 0 Å². The van der Waals surface area contributed by atoms with E-state index in [2.05, 4.69) is 19.9 Å². The molecule has 0 bridgehead atoms. The summed E-state index contributed by atoms with van der Waals surface area (Å²) in [6.45, 7) is 4.35. The Kier molecular flexibility index (Phi) is 4.65. The Bertz CT molecular complexity index is 377. The highest BCUT2D eigenvalue weighted by atomic mass is 16.5. The molecule has 0 heterocycles. The number of aryl methyl sites for hydroxylation is 1. The molecule has 2 N–H and O–H groups in total. The minimum absolute atomic E-state index is 0.191. The summed E-state index contributed by atoms with van der Waals surface area (Å²) in [5.74, 6) is 1.79. The molecule has 0 radical (unpaired) electrons. The highest BCUT2D eigenvalue weighted by Crippen LogP contribution is 2.30. The first-order chi connectivity index (χ1) is 8.70. The van der Waals surface area contributed by atoms with Crippen molar-refractivity contribution in [3.05, 3.63) is 29.8 Å². The Morgan fingerprint density at radius 2 is 2.06 bits per heavy atom. The lowest BCUT2D eigenvalue weighted by molar-refractivity contribution is 0.0986. The van der Waals surface area contributed by atoms with Gasteiger partial charge in [-0.3, -0.25) is 0 Å². The molecule has 1 aromatic rings. The van der Waals surface area contributed by atoms with Gasteiger partial charge in [-0.2, -0.15) is 0 Å². The number of nitrogens with two attached hydrogens (primary N) is 1. The normalized spacial score (nSPS) is 28.1. The largest absolute Gasteiger partial charge is 0.489 e. The maximum absolute atomic E-state index is 6.21. The second-order valence-corrected chi connectivity index (χ2v) is 5.55. The number of hydrogen-bond donors (Lipinski definition) is 1. The van der Waals surface area contributed by atoms with Crippen LogP contribution in [0.15, 0.2) is 24.3 Å². The Morgan fingerprint density at radius 3 is 2.78 bits per heavy atom. The molecule has 0 aliphatic heterocycles. The molecule has 3 unspecified atom stereocenters. The van der Waals surface area contributed by atoms with Gasteiger partial charge in [0.1, 0.15) is 11.9 Å². The lowest BCUT2D eigenvalue weighted by Gasteiger charge is -2.34. The topological polar surface area (TPSA) is 35.2 Å². The molecule has 2 rings (SSSR count). The predicted octanol–water partition coefficient (Wildman–Crippen LogP) is 3.67. The number of para-hydroxylation sites is 1. The summed E-state index contributed by atoms with van der Waals surface area (Å²) in [7, 11) is 0. The summed E-state index contributed by atoms with van der Waals surface area (Å²) in [4.78, 5) is 0. The first-order valence-corrected chi connectivity index (χ1v) is 7.18. The minimum atomic E-state index is 0.191. The first kappa shape index (κ1) is 13.4. The second-order valence-electron chi connectivity index (χ2n) is 5.55. The van der Waals surface area contributed by atoms with Crippen LogP contribution in [0.4, 0.5) is 0 Å². The zero-order valence-electron chi connectivity index (χ0n) is 11.6.